The highest BCUT2D eigenvalue weighted by Gasteiger charge is 2.33. The third-order valence-electron chi connectivity index (χ3n) is 3.29. The predicted molar refractivity (Wildman–Crippen MR) is 90.7 cm³/mol. The zero-order chi connectivity index (χ0) is 18.4. The van der Waals surface area contributed by atoms with E-state index in [0.29, 0.717) is 24.8 Å². The molecule has 3 nitrogen and oxygen atoms in total. The van der Waals surface area contributed by atoms with Crippen LogP contribution in [0.15, 0.2) is 23.1 Å². The Labute approximate surface area is 146 Å². The molecule has 0 amide bonds. The van der Waals surface area contributed by atoms with Crippen molar-refractivity contribution in [2.24, 2.45) is 0 Å². The number of benzene rings is 1. The summed E-state index contributed by atoms with van der Waals surface area (Å²) < 4.78 is 67.7. The summed E-state index contributed by atoms with van der Waals surface area (Å²) >= 11 is -0.0713. The fraction of sp³-hybridized carbons (Fsp3) is 0.625. The van der Waals surface area contributed by atoms with Crippen LogP contribution in [-0.4, -0.2) is 25.8 Å². The van der Waals surface area contributed by atoms with Crippen LogP contribution < -0.4 is 0 Å². The van der Waals surface area contributed by atoms with Crippen molar-refractivity contribution in [2.45, 2.75) is 62.1 Å². The highest BCUT2D eigenvalue weighted by Crippen LogP contribution is 2.38. The number of aryl methyl sites for hydroxylation is 1. The van der Waals surface area contributed by atoms with Gasteiger partial charge in [-0.15, -0.1) is 0 Å². The molecule has 1 aromatic carbocycles. The summed E-state index contributed by atoms with van der Waals surface area (Å²) in [6.45, 7) is 5.41. The summed E-state index contributed by atoms with van der Waals surface area (Å²) in [6.07, 6.45) is 1.51. The zero-order valence-electron chi connectivity index (χ0n) is 14.0. The van der Waals surface area contributed by atoms with Crippen LogP contribution >= 0.6 is 11.8 Å². The van der Waals surface area contributed by atoms with E-state index in [0.717, 1.165) is 5.56 Å². The lowest BCUT2D eigenvalue weighted by molar-refractivity contribution is -0.0334. The monoisotopic (exact) mass is 384 g/mol. The second-order valence-electron chi connectivity index (χ2n) is 5.57. The van der Waals surface area contributed by atoms with E-state index in [4.69, 9.17) is 4.18 Å². The fourth-order valence-corrected chi connectivity index (χ4v) is 4.53. The molecule has 0 aliphatic heterocycles. The molecule has 1 atom stereocenters. The molecule has 0 N–H and O–H groups in total. The third kappa shape index (κ3) is 7.03. The van der Waals surface area contributed by atoms with E-state index in [1.165, 1.54) is 6.07 Å². The third-order valence-corrected chi connectivity index (χ3v) is 5.70. The Balaban J connectivity index is 3.14. The standard InChI is InChI=1S/C16H23F3O3S2/c1-4-6-14(23-16(17,18)19)11-13-10-12(3)7-8-15(13)24(20,21)22-9-5-2/h7-8,10,14H,4-6,9,11H2,1-3H3/t14-/m1/s1. The fourth-order valence-electron chi connectivity index (χ4n) is 2.33. The van der Waals surface area contributed by atoms with E-state index in [-0.39, 0.29) is 29.7 Å². The van der Waals surface area contributed by atoms with Crippen molar-refractivity contribution in [1.82, 2.24) is 0 Å². The first-order valence-corrected chi connectivity index (χ1v) is 10.1. The average molecular weight is 384 g/mol. The molecule has 0 radical (unpaired) electrons. The van der Waals surface area contributed by atoms with Gasteiger partial charge in [0.2, 0.25) is 0 Å². The van der Waals surface area contributed by atoms with Gasteiger partial charge in [0.15, 0.2) is 0 Å². The molecule has 0 fully saturated rings. The van der Waals surface area contributed by atoms with Gasteiger partial charge in [-0.2, -0.15) is 21.6 Å². The second kappa shape index (κ2) is 9.10. The maximum atomic E-state index is 12.7. The molecule has 0 aliphatic carbocycles. The molecule has 0 heterocycles. The van der Waals surface area contributed by atoms with Crippen LogP contribution in [0.3, 0.4) is 0 Å². The minimum Gasteiger partial charge on any atom is -0.266 e. The van der Waals surface area contributed by atoms with Crippen LogP contribution in [0.1, 0.15) is 44.2 Å². The minimum absolute atomic E-state index is 0.0315. The smallest absolute Gasteiger partial charge is 0.266 e. The van der Waals surface area contributed by atoms with Crippen molar-refractivity contribution in [3.05, 3.63) is 29.3 Å². The van der Waals surface area contributed by atoms with Crippen molar-refractivity contribution >= 4 is 21.9 Å². The van der Waals surface area contributed by atoms with E-state index in [9.17, 15) is 21.6 Å². The Morgan fingerprint density at radius 2 is 1.88 bits per heavy atom. The Kier molecular flexibility index (Phi) is 8.08. The molecule has 1 rings (SSSR count). The van der Waals surface area contributed by atoms with Crippen LogP contribution in [0.2, 0.25) is 0 Å². The number of halogens is 3. The van der Waals surface area contributed by atoms with Gasteiger partial charge in [-0.3, -0.25) is 4.18 Å². The van der Waals surface area contributed by atoms with Crippen molar-refractivity contribution in [3.8, 4) is 0 Å². The first kappa shape index (κ1) is 21.3. The first-order valence-electron chi connectivity index (χ1n) is 7.82. The molecule has 0 saturated carbocycles. The van der Waals surface area contributed by atoms with Gasteiger partial charge in [-0.05, 0) is 49.6 Å². The van der Waals surface area contributed by atoms with Crippen molar-refractivity contribution in [2.75, 3.05) is 6.61 Å². The molecule has 1 aromatic rings. The van der Waals surface area contributed by atoms with Crippen molar-refractivity contribution in [3.63, 3.8) is 0 Å². The molecule has 138 valence electrons. The largest absolute Gasteiger partial charge is 0.442 e. The van der Waals surface area contributed by atoms with Gasteiger partial charge in [-0.1, -0.05) is 38.0 Å². The normalized spacial score (nSPS) is 13.9. The SMILES string of the molecule is CCCOS(=O)(=O)c1ccc(C)cc1C[C@@H](CCC)SC(F)(F)F. The Hall–Kier alpha value is -0.730. The van der Waals surface area contributed by atoms with Crippen molar-refractivity contribution < 1.29 is 25.8 Å². The Morgan fingerprint density at radius 3 is 2.42 bits per heavy atom. The van der Waals surface area contributed by atoms with Gasteiger partial charge in [0.25, 0.3) is 10.1 Å². The molecule has 0 bridgehead atoms. The number of hydrogen-bond donors (Lipinski definition) is 0. The van der Waals surface area contributed by atoms with Gasteiger partial charge in [0.05, 0.1) is 11.5 Å². The molecule has 24 heavy (non-hydrogen) atoms. The first-order chi connectivity index (χ1) is 11.1. The number of alkyl halides is 3. The summed E-state index contributed by atoms with van der Waals surface area (Å²) in [5, 5.41) is -0.725. The number of rotatable bonds is 9. The average Bonchev–Trinajstić information content (AvgIpc) is 2.43. The lowest BCUT2D eigenvalue weighted by atomic mass is 10.0. The Morgan fingerprint density at radius 1 is 1.21 bits per heavy atom. The number of hydrogen-bond acceptors (Lipinski definition) is 4. The quantitative estimate of drug-likeness (QED) is 0.557. The van der Waals surface area contributed by atoms with Crippen LogP contribution in [0.4, 0.5) is 13.2 Å². The van der Waals surface area contributed by atoms with E-state index in [1.54, 1.807) is 26.0 Å². The second-order valence-corrected chi connectivity index (χ2v) is 8.51. The van der Waals surface area contributed by atoms with Gasteiger partial charge < -0.3 is 0 Å². The maximum Gasteiger partial charge on any atom is 0.442 e. The zero-order valence-corrected chi connectivity index (χ0v) is 15.7. The summed E-state index contributed by atoms with van der Waals surface area (Å²) in [6, 6.07) is 4.66. The molecule has 8 heteroatoms. The molecular weight excluding hydrogens is 361 g/mol. The molecule has 0 aliphatic rings. The van der Waals surface area contributed by atoms with Crippen molar-refractivity contribution in [1.29, 1.82) is 0 Å². The Bertz CT molecular complexity index is 628. The molecule has 0 aromatic heterocycles. The van der Waals surface area contributed by atoms with Crippen LogP contribution in [0.5, 0.6) is 0 Å². The van der Waals surface area contributed by atoms with E-state index >= 15 is 0 Å². The summed E-state index contributed by atoms with van der Waals surface area (Å²) in [4.78, 5) is -0.0366. The lowest BCUT2D eigenvalue weighted by Gasteiger charge is -2.19. The van der Waals surface area contributed by atoms with Crippen LogP contribution in [0, 0.1) is 6.92 Å². The summed E-state index contributed by atoms with van der Waals surface area (Å²) in [5.74, 6) is 0. The topological polar surface area (TPSA) is 43.4 Å². The minimum atomic E-state index is -4.35. The number of thioether (sulfide) groups is 1. The molecule has 0 spiro atoms. The molecular formula is C16H23F3O3S2. The summed E-state index contributed by atoms with van der Waals surface area (Å²) in [7, 11) is -3.96. The van der Waals surface area contributed by atoms with Crippen LogP contribution in [0.25, 0.3) is 0 Å². The van der Waals surface area contributed by atoms with Gasteiger partial charge in [0.1, 0.15) is 0 Å². The highest BCUT2D eigenvalue weighted by molar-refractivity contribution is 8.00. The predicted octanol–water partition coefficient (Wildman–Crippen LogP) is 5.07. The highest BCUT2D eigenvalue weighted by atomic mass is 32.2. The summed E-state index contributed by atoms with van der Waals surface area (Å²) in [5.41, 5.74) is -3.17. The van der Waals surface area contributed by atoms with Gasteiger partial charge in [0, 0.05) is 5.25 Å². The van der Waals surface area contributed by atoms with E-state index in [2.05, 4.69) is 0 Å². The van der Waals surface area contributed by atoms with Gasteiger partial charge >= 0.3 is 5.51 Å². The van der Waals surface area contributed by atoms with E-state index < -0.39 is 20.9 Å². The van der Waals surface area contributed by atoms with E-state index in [1.807, 2.05) is 6.92 Å². The van der Waals surface area contributed by atoms with Gasteiger partial charge in [-0.25, -0.2) is 0 Å². The molecule has 0 saturated heterocycles. The lowest BCUT2D eigenvalue weighted by Crippen LogP contribution is -2.17. The molecule has 0 unspecified atom stereocenters. The maximum absolute atomic E-state index is 12.7. The van der Waals surface area contributed by atoms with Crippen LogP contribution in [-0.2, 0) is 20.7 Å².